The number of hydrogen-bond acceptors (Lipinski definition) is 4. The van der Waals surface area contributed by atoms with Crippen molar-refractivity contribution in [1.29, 1.82) is 0 Å². The normalized spacial score (nSPS) is 9.38. The van der Waals surface area contributed by atoms with Crippen LogP contribution in [-0.2, 0) is 0 Å². The van der Waals surface area contributed by atoms with E-state index >= 15 is 0 Å². The van der Waals surface area contributed by atoms with Crippen molar-refractivity contribution >= 4 is 48.1 Å². The standard InChI is InChI=1S/C19H26N6O2.2ClH/c20-18(21)24-14-4-8-16(9-5-14)26-12-2-1-3-13-27-17-10-6-15(7-11-17)25-19(22)23;;/h4-11H,1-3,12-13H2,(H4,20,21,24)(H4,22,23,25);2*1H. The minimum absolute atomic E-state index is 0. The molecule has 10 heteroatoms. The first-order chi connectivity index (χ1) is 13.0. The highest BCUT2D eigenvalue weighted by molar-refractivity contribution is 5.85. The minimum atomic E-state index is 0. The van der Waals surface area contributed by atoms with Gasteiger partial charge in [-0.3, -0.25) is 0 Å². The van der Waals surface area contributed by atoms with Crippen LogP contribution in [0.5, 0.6) is 11.5 Å². The number of unbranched alkanes of at least 4 members (excludes halogenated alkanes) is 2. The quantitative estimate of drug-likeness (QED) is 0.252. The van der Waals surface area contributed by atoms with Crippen LogP contribution < -0.4 is 32.4 Å². The van der Waals surface area contributed by atoms with Gasteiger partial charge < -0.3 is 32.4 Å². The second kappa shape index (κ2) is 14.2. The van der Waals surface area contributed by atoms with Gasteiger partial charge in [0.1, 0.15) is 11.5 Å². The van der Waals surface area contributed by atoms with Gasteiger partial charge in [-0.2, -0.15) is 0 Å². The summed E-state index contributed by atoms with van der Waals surface area (Å²) in [5.74, 6) is 1.66. The van der Waals surface area contributed by atoms with Gasteiger partial charge in [0.15, 0.2) is 11.9 Å². The molecule has 2 aromatic carbocycles. The summed E-state index contributed by atoms with van der Waals surface area (Å²) in [6.45, 7) is 1.30. The summed E-state index contributed by atoms with van der Waals surface area (Å²) in [6, 6.07) is 14.6. The van der Waals surface area contributed by atoms with Crippen LogP contribution in [-0.4, -0.2) is 25.1 Å². The molecule has 0 heterocycles. The molecule has 8 N–H and O–H groups in total. The summed E-state index contributed by atoms with van der Waals surface area (Å²) in [5.41, 5.74) is 22.7. The molecule has 0 aliphatic heterocycles. The van der Waals surface area contributed by atoms with E-state index < -0.39 is 0 Å². The monoisotopic (exact) mass is 442 g/mol. The van der Waals surface area contributed by atoms with Crippen molar-refractivity contribution in [2.45, 2.75) is 19.3 Å². The summed E-state index contributed by atoms with van der Waals surface area (Å²) in [4.78, 5) is 7.92. The molecule has 160 valence electrons. The maximum absolute atomic E-state index is 5.69. The molecule has 0 saturated heterocycles. The van der Waals surface area contributed by atoms with E-state index in [1.807, 2.05) is 24.3 Å². The first kappa shape index (κ1) is 26.2. The van der Waals surface area contributed by atoms with Gasteiger partial charge >= 0.3 is 0 Å². The maximum atomic E-state index is 5.69. The fourth-order valence-electron chi connectivity index (χ4n) is 2.29. The third-order valence-electron chi connectivity index (χ3n) is 3.52. The summed E-state index contributed by atoms with van der Waals surface area (Å²) < 4.78 is 11.4. The Kier molecular flexibility index (Phi) is 12.8. The van der Waals surface area contributed by atoms with Gasteiger partial charge in [0, 0.05) is 0 Å². The van der Waals surface area contributed by atoms with Gasteiger partial charge in [-0.15, -0.1) is 24.8 Å². The number of guanidine groups is 2. The molecule has 0 saturated carbocycles. The van der Waals surface area contributed by atoms with E-state index in [0.29, 0.717) is 24.6 Å². The zero-order chi connectivity index (χ0) is 19.5. The summed E-state index contributed by atoms with van der Waals surface area (Å²) in [7, 11) is 0. The second-order valence-electron chi connectivity index (χ2n) is 5.82. The molecule has 2 aromatic rings. The van der Waals surface area contributed by atoms with Crippen LogP contribution in [0.25, 0.3) is 0 Å². The molecule has 0 radical (unpaired) electrons. The molecule has 0 aliphatic carbocycles. The highest BCUT2D eigenvalue weighted by Crippen LogP contribution is 2.19. The van der Waals surface area contributed by atoms with E-state index in [2.05, 4.69) is 9.98 Å². The Labute approximate surface area is 183 Å². The smallest absolute Gasteiger partial charge is 0.191 e. The van der Waals surface area contributed by atoms with Crippen molar-refractivity contribution < 1.29 is 9.47 Å². The first-order valence-corrected chi connectivity index (χ1v) is 8.68. The fraction of sp³-hybridized carbons (Fsp3) is 0.263. The summed E-state index contributed by atoms with van der Waals surface area (Å²) >= 11 is 0. The van der Waals surface area contributed by atoms with Crippen LogP contribution in [0.3, 0.4) is 0 Å². The first-order valence-electron chi connectivity index (χ1n) is 8.68. The third-order valence-corrected chi connectivity index (χ3v) is 3.52. The lowest BCUT2D eigenvalue weighted by atomic mass is 10.2. The zero-order valence-electron chi connectivity index (χ0n) is 16.0. The van der Waals surface area contributed by atoms with E-state index in [1.54, 1.807) is 24.3 Å². The van der Waals surface area contributed by atoms with Gasteiger partial charge in [0.25, 0.3) is 0 Å². The predicted octanol–water partition coefficient (Wildman–Crippen LogP) is 2.97. The Hall–Kier alpha value is -2.84. The van der Waals surface area contributed by atoms with Crippen LogP contribution in [0.2, 0.25) is 0 Å². The molecule has 0 fully saturated rings. The lowest BCUT2D eigenvalue weighted by Crippen LogP contribution is -2.21. The molecule has 0 aromatic heterocycles. The number of nitrogens with two attached hydrogens (primary N) is 4. The lowest BCUT2D eigenvalue weighted by Gasteiger charge is -2.08. The van der Waals surface area contributed by atoms with Crippen molar-refractivity contribution in [2.75, 3.05) is 13.2 Å². The molecule has 0 spiro atoms. The summed E-state index contributed by atoms with van der Waals surface area (Å²) in [5, 5.41) is 0. The molecule has 0 atom stereocenters. The van der Waals surface area contributed by atoms with E-state index in [4.69, 9.17) is 32.4 Å². The van der Waals surface area contributed by atoms with Crippen LogP contribution in [0.4, 0.5) is 11.4 Å². The molecular weight excluding hydrogens is 415 g/mol. The molecule has 29 heavy (non-hydrogen) atoms. The molecule has 8 nitrogen and oxygen atoms in total. The number of aliphatic imine (C=N–C) groups is 2. The molecule has 0 amide bonds. The molecule has 0 bridgehead atoms. The minimum Gasteiger partial charge on any atom is -0.494 e. The average Bonchev–Trinajstić information content (AvgIpc) is 2.63. The molecular formula is C19H28Cl2N6O2. The number of rotatable bonds is 10. The highest BCUT2D eigenvalue weighted by Gasteiger charge is 1.98. The number of halogens is 2. The Bertz CT molecular complexity index is 694. The second-order valence-corrected chi connectivity index (χ2v) is 5.82. The van der Waals surface area contributed by atoms with Crippen LogP contribution in [0.1, 0.15) is 19.3 Å². The molecule has 2 rings (SSSR count). The van der Waals surface area contributed by atoms with Crippen molar-refractivity contribution in [1.82, 2.24) is 0 Å². The van der Waals surface area contributed by atoms with E-state index in [0.717, 1.165) is 30.8 Å². The Morgan fingerprint density at radius 2 is 0.931 bits per heavy atom. The van der Waals surface area contributed by atoms with Crippen LogP contribution in [0.15, 0.2) is 58.5 Å². The van der Waals surface area contributed by atoms with Gasteiger partial charge in [0.05, 0.1) is 24.6 Å². The number of nitrogens with zero attached hydrogens (tertiary/aromatic N) is 2. The summed E-state index contributed by atoms with van der Waals surface area (Å²) in [6.07, 6.45) is 2.91. The highest BCUT2D eigenvalue weighted by atomic mass is 35.5. The Morgan fingerprint density at radius 1 is 0.586 bits per heavy atom. The fourth-order valence-corrected chi connectivity index (χ4v) is 2.29. The van der Waals surface area contributed by atoms with Crippen LogP contribution in [0, 0.1) is 0 Å². The van der Waals surface area contributed by atoms with Gasteiger partial charge in [0.2, 0.25) is 0 Å². The topological polar surface area (TPSA) is 147 Å². The van der Waals surface area contributed by atoms with Gasteiger partial charge in [-0.25, -0.2) is 9.98 Å². The van der Waals surface area contributed by atoms with Gasteiger partial charge in [-0.1, -0.05) is 0 Å². The Balaban J connectivity index is 0.00000392. The Morgan fingerprint density at radius 3 is 1.24 bits per heavy atom. The number of benzene rings is 2. The van der Waals surface area contributed by atoms with Crippen molar-refractivity contribution in [3.63, 3.8) is 0 Å². The zero-order valence-corrected chi connectivity index (χ0v) is 17.6. The third kappa shape index (κ3) is 10.9. The largest absolute Gasteiger partial charge is 0.494 e. The van der Waals surface area contributed by atoms with Crippen molar-refractivity contribution in [3.05, 3.63) is 48.5 Å². The number of hydrogen-bond donors (Lipinski definition) is 4. The maximum Gasteiger partial charge on any atom is 0.191 e. The SMILES string of the molecule is Cl.Cl.NC(N)=Nc1ccc(OCCCCCOc2ccc(N=C(N)N)cc2)cc1. The number of ether oxygens (including phenoxy) is 2. The molecule has 0 unspecified atom stereocenters. The van der Waals surface area contributed by atoms with E-state index in [1.165, 1.54) is 0 Å². The lowest BCUT2D eigenvalue weighted by molar-refractivity contribution is 0.279. The average molecular weight is 443 g/mol. The van der Waals surface area contributed by atoms with E-state index in [9.17, 15) is 0 Å². The van der Waals surface area contributed by atoms with Crippen LogP contribution >= 0.6 is 24.8 Å². The van der Waals surface area contributed by atoms with Crippen molar-refractivity contribution in [3.8, 4) is 11.5 Å². The molecule has 0 aliphatic rings. The van der Waals surface area contributed by atoms with Gasteiger partial charge in [-0.05, 0) is 67.8 Å². The van der Waals surface area contributed by atoms with E-state index in [-0.39, 0.29) is 36.7 Å². The van der Waals surface area contributed by atoms with Crippen molar-refractivity contribution in [2.24, 2.45) is 32.9 Å². The predicted molar refractivity (Wildman–Crippen MR) is 123 cm³/mol.